The number of pyridine rings is 1. The Balaban J connectivity index is 2.82. The summed E-state index contributed by atoms with van der Waals surface area (Å²) in [6, 6.07) is 1.89. The Morgan fingerprint density at radius 3 is 2.67 bits per heavy atom. The van der Waals surface area contributed by atoms with Crippen LogP contribution in [0.15, 0.2) is 23.2 Å². The first-order chi connectivity index (χ1) is 8.36. The number of nitrogens with two attached hydrogens (primary N) is 1. The summed E-state index contributed by atoms with van der Waals surface area (Å²) in [5.41, 5.74) is 5.59. The van der Waals surface area contributed by atoms with Gasteiger partial charge in [-0.15, -0.1) is 0 Å². The lowest BCUT2D eigenvalue weighted by molar-refractivity contribution is -0.389. The van der Waals surface area contributed by atoms with Gasteiger partial charge in [0, 0.05) is 18.7 Å². The lowest BCUT2D eigenvalue weighted by Gasteiger charge is -2.10. The van der Waals surface area contributed by atoms with Crippen molar-refractivity contribution in [2.24, 2.45) is 5.73 Å². The van der Waals surface area contributed by atoms with E-state index in [1.807, 2.05) is 6.92 Å². The van der Waals surface area contributed by atoms with Crippen LogP contribution in [0.5, 0.6) is 0 Å². The van der Waals surface area contributed by atoms with Crippen LogP contribution in [0, 0.1) is 10.1 Å². The fourth-order valence-electron chi connectivity index (χ4n) is 1.08. The lowest BCUT2D eigenvalue weighted by atomic mass is 10.2. The van der Waals surface area contributed by atoms with Crippen LogP contribution in [0.4, 0.5) is 5.82 Å². The molecule has 0 aromatic carbocycles. The molecule has 100 valence electrons. The Hall–Kier alpha value is -1.58. The average Bonchev–Trinajstić information content (AvgIpc) is 2.36. The van der Waals surface area contributed by atoms with Crippen molar-refractivity contribution < 1.29 is 13.3 Å². The number of aromatic nitrogens is 1. The van der Waals surface area contributed by atoms with E-state index in [4.69, 9.17) is 5.73 Å². The van der Waals surface area contributed by atoms with Gasteiger partial charge >= 0.3 is 5.82 Å². The van der Waals surface area contributed by atoms with E-state index in [1.54, 1.807) is 0 Å². The topological polar surface area (TPSA) is 128 Å². The quantitative estimate of drug-likeness (QED) is 0.555. The number of nitrogens with one attached hydrogen (secondary N) is 1. The van der Waals surface area contributed by atoms with Crippen LogP contribution in [0.1, 0.15) is 13.3 Å². The maximum absolute atomic E-state index is 11.8. The monoisotopic (exact) mass is 274 g/mol. The molecule has 1 heterocycles. The van der Waals surface area contributed by atoms with Crippen molar-refractivity contribution in [2.45, 2.75) is 24.3 Å². The van der Waals surface area contributed by atoms with E-state index in [2.05, 4.69) is 9.71 Å². The molecule has 1 aromatic rings. The van der Waals surface area contributed by atoms with Gasteiger partial charge in [0.1, 0.15) is 4.90 Å². The maximum Gasteiger partial charge on any atom is 0.363 e. The summed E-state index contributed by atoms with van der Waals surface area (Å²) in [6.45, 7) is 1.95. The molecular weight excluding hydrogens is 260 g/mol. The Morgan fingerprint density at radius 1 is 1.56 bits per heavy atom. The number of hydrogen-bond acceptors (Lipinski definition) is 6. The SMILES string of the molecule is CCC(N)CNS(=O)(=O)c1ccc([N+](=O)[O-])nc1. The van der Waals surface area contributed by atoms with Gasteiger partial charge in [-0.05, 0) is 22.4 Å². The minimum atomic E-state index is -3.72. The van der Waals surface area contributed by atoms with Gasteiger partial charge in [0.25, 0.3) is 0 Å². The molecule has 0 aliphatic carbocycles. The third-order valence-corrected chi connectivity index (χ3v) is 3.69. The molecule has 0 spiro atoms. The van der Waals surface area contributed by atoms with Gasteiger partial charge in [-0.25, -0.2) is 13.1 Å². The normalized spacial score (nSPS) is 13.2. The van der Waals surface area contributed by atoms with Crippen molar-refractivity contribution in [3.05, 3.63) is 28.4 Å². The van der Waals surface area contributed by atoms with Crippen LogP contribution in [0.25, 0.3) is 0 Å². The van der Waals surface area contributed by atoms with Crippen LogP contribution in [-0.2, 0) is 10.0 Å². The molecule has 1 aromatic heterocycles. The fourth-order valence-corrected chi connectivity index (χ4v) is 2.12. The van der Waals surface area contributed by atoms with Crippen molar-refractivity contribution in [3.63, 3.8) is 0 Å². The third-order valence-electron chi connectivity index (χ3n) is 2.28. The number of nitrogens with zero attached hydrogens (tertiary/aromatic N) is 2. The number of nitro groups is 1. The van der Waals surface area contributed by atoms with E-state index >= 15 is 0 Å². The van der Waals surface area contributed by atoms with Crippen LogP contribution < -0.4 is 10.5 Å². The van der Waals surface area contributed by atoms with Crippen molar-refractivity contribution in [3.8, 4) is 0 Å². The molecule has 0 radical (unpaired) electrons. The van der Waals surface area contributed by atoms with Crippen molar-refractivity contribution in [1.29, 1.82) is 0 Å². The van der Waals surface area contributed by atoms with E-state index in [0.717, 1.165) is 18.3 Å². The second kappa shape index (κ2) is 5.85. The van der Waals surface area contributed by atoms with Gasteiger partial charge in [0.15, 0.2) is 6.20 Å². The number of rotatable bonds is 6. The second-order valence-electron chi connectivity index (χ2n) is 3.63. The summed E-state index contributed by atoms with van der Waals surface area (Å²) in [4.78, 5) is 13.0. The molecule has 8 nitrogen and oxygen atoms in total. The molecule has 0 bridgehead atoms. The number of hydrogen-bond donors (Lipinski definition) is 2. The Kier molecular flexibility index (Phi) is 4.70. The van der Waals surface area contributed by atoms with Crippen LogP contribution in [0.3, 0.4) is 0 Å². The minimum absolute atomic E-state index is 0.107. The van der Waals surface area contributed by atoms with Gasteiger partial charge in [-0.1, -0.05) is 6.92 Å². The molecule has 3 N–H and O–H groups in total. The summed E-state index contributed by atoms with van der Waals surface area (Å²) < 4.78 is 25.8. The molecule has 0 aliphatic rings. The standard InChI is InChI=1S/C9H14N4O4S/c1-2-7(10)5-12-18(16,17)8-3-4-9(11-6-8)13(14)15/h3-4,6-7,12H,2,5,10H2,1H3. The van der Waals surface area contributed by atoms with Gasteiger partial charge in [0.2, 0.25) is 10.0 Å². The highest BCUT2D eigenvalue weighted by Crippen LogP contribution is 2.11. The Labute approximate surface area is 104 Å². The Bertz CT molecular complexity index is 514. The molecule has 1 rings (SSSR count). The van der Waals surface area contributed by atoms with Gasteiger partial charge in [-0.3, -0.25) is 0 Å². The first kappa shape index (κ1) is 14.5. The van der Waals surface area contributed by atoms with E-state index in [-0.39, 0.29) is 17.5 Å². The summed E-state index contributed by atoms with van der Waals surface area (Å²) in [6.07, 6.45) is 1.58. The molecule has 18 heavy (non-hydrogen) atoms. The molecule has 0 aliphatic heterocycles. The molecule has 9 heteroatoms. The zero-order valence-corrected chi connectivity index (χ0v) is 10.6. The highest BCUT2D eigenvalue weighted by Gasteiger charge is 2.18. The molecule has 0 saturated heterocycles. The summed E-state index contributed by atoms with van der Waals surface area (Å²) in [5, 5.41) is 10.4. The van der Waals surface area contributed by atoms with Gasteiger partial charge in [-0.2, -0.15) is 0 Å². The third kappa shape index (κ3) is 3.72. The van der Waals surface area contributed by atoms with Gasteiger partial charge in [0.05, 0.1) is 0 Å². The molecule has 1 unspecified atom stereocenters. The smallest absolute Gasteiger partial charge is 0.358 e. The Morgan fingerprint density at radius 2 is 2.22 bits per heavy atom. The molecule has 0 amide bonds. The molecule has 0 fully saturated rings. The summed E-state index contributed by atoms with van der Waals surface area (Å²) in [5.74, 6) is -0.404. The van der Waals surface area contributed by atoms with Crippen LogP contribution >= 0.6 is 0 Å². The first-order valence-corrected chi connectivity index (χ1v) is 6.71. The van der Waals surface area contributed by atoms with E-state index in [1.165, 1.54) is 0 Å². The highest BCUT2D eigenvalue weighted by atomic mass is 32.2. The summed E-state index contributed by atoms with van der Waals surface area (Å²) >= 11 is 0. The second-order valence-corrected chi connectivity index (χ2v) is 5.40. The zero-order chi connectivity index (χ0) is 13.8. The maximum atomic E-state index is 11.8. The van der Waals surface area contributed by atoms with Crippen molar-refractivity contribution in [1.82, 2.24) is 9.71 Å². The van der Waals surface area contributed by atoms with E-state index < -0.39 is 20.8 Å². The fraction of sp³-hybridized carbons (Fsp3) is 0.444. The largest absolute Gasteiger partial charge is 0.363 e. The first-order valence-electron chi connectivity index (χ1n) is 5.22. The lowest BCUT2D eigenvalue weighted by Crippen LogP contribution is -2.36. The van der Waals surface area contributed by atoms with Crippen LogP contribution in [0.2, 0.25) is 0 Å². The van der Waals surface area contributed by atoms with Crippen molar-refractivity contribution in [2.75, 3.05) is 6.54 Å². The van der Waals surface area contributed by atoms with Crippen molar-refractivity contribution >= 4 is 15.8 Å². The van der Waals surface area contributed by atoms with Gasteiger partial charge < -0.3 is 15.8 Å². The highest BCUT2D eigenvalue weighted by molar-refractivity contribution is 7.89. The van der Waals surface area contributed by atoms with E-state index in [9.17, 15) is 18.5 Å². The molecular formula is C9H14N4O4S. The predicted octanol–water partition coefficient (Wildman–Crippen LogP) is 0.00540. The number of sulfonamides is 1. The zero-order valence-electron chi connectivity index (χ0n) is 9.74. The van der Waals surface area contributed by atoms with E-state index in [0.29, 0.717) is 6.42 Å². The summed E-state index contributed by atoms with van der Waals surface area (Å²) in [7, 11) is -3.72. The minimum Gasteiger partial charge on any atom is -0.358 e. The average molecular weight is 274 g/mol. The predicted molar refractivity (Wildman–Crippen MR) is 64.3 cm³/mol. The molecule has 0 saturated carbocycles. The van der Waals surface area contributed by atoms with Crippen LogP contribution in [-0.4, -0.2) is 30.9 Å². The molecule has 1 atom stereocenters.